The molecule has 1 fully saturated rings. The predicted molar refractivity (Wildman–Crippen MR) is 52.6 cm³/mol. The minimum absolute atomic E-state index is 0.625. The van der Waals surface area contributed by atoms with E-state index in [9.17, 15) is 9.59 Å². The minimum atomic E-state index is -1.03. The quantitative estimate of drug-likeness (QED) is 0.708. The first-order valence-corrected chi connectivity index (χ1v) is 4.72. The van der Waals surface area contributed by atoms with Crippen LogP contribution in [0.3, 0.4) is 0 Å². The number of ether oxygens (including phenoxy) is 3. The van der Waals surface area contributed by atoms with Crippen molar-refractivity contribution in [2.75, 3.05) is 7.11 Å². The molecule has 5 heteroatoms. The van der Waals surface area contributed by atoms with Gasteiger partial charge in [0.1, 0.15) is 0 Å². The number of hydrogen-bond acceptors (Lipinski definition) is 5. The van der Waals surface area contributed by atoms with Gasteiger partial charge in [0, 0.05) is 0 Å². The molecule has 0 saturated carbocycles. The molecule has 1 aliphatic heterocycles. The monoisotopic (exact) mass is 222 g/mol. The standard InChI is InChI=1S/C11H10O5/c1-14-10(12)9-8(15-11(13)16-9)7-5-3-2-4-6-7/h2-6,8-9H,1H3. The second-order valence-electron chi connectivity index (χ2n) is 3.26. The van der Waals surface area contributed by atoms with E-state index in [1.54, 1.807) is 24.3 Å². The average Bonchev–Trinajstić information content (AvgIpc) is 2.71. The highest BCUT2D eigenvalue weighted by Crippen LogP contribution is 2.30. The first kappa shape index (κ1) is 10.5. The van der Waals surface area contributed by atoms with Gasteiger partial charge in [0.05, 0.1) is 7.11 Å². The van der Waals surface area contributed by atoms with Gasteiger partial charge in [-0.15, -0.1) is 0 Å². The molecule has 2 atom stereocenters. The third-order valence-corrected chi connectivity index (χ3v) is 2.28. The fourth-order valence-electron chi connectivity index (χ4n) is 1.53. The third-order valence-electron chi connectivity index (χ3n) is 2.28. The first-order valence-electron chi connectivity index (χ1n) is 4.72. The van der Waals surface area contributed by atoms with Crippen LogP contribution in [0.2, 0.25) is 0 Å². The van der Waals surface area contributed by atoms with Crippen molar-refractivity contribution in [1.29, 1.82) is 0 Å². The molecule has 1 saturated heterocycles. The number of esters is 1. The molecule has 1 heterocycles. The van der Waals surface area contributed by atoms with Gasteiger partial charge in [-0.1, -0.05) is 30.3 Å². The maximum absolute atomic E-state index is 11.4. The third kappa shape index (κ3) is 1.84. The van der Waals surface area contributed by atoms with E-state index in [1.165, 1.54) is 7.11 Å². The van der Waals surface area contributed by atoms with Crippen LogP contribution in [0.5, 0.6) is 0 Å². The smallest absolute Gasteiger partial charge is 0.466 e. The lowest BCUT2D eigenvalue weighted by atomic mass is 10.0. The lowest BCUT2D eigenvalue weighted by Crippen LogP contribution is -2.27. The van der Waals surface area contributed by atoms with E-state index in [-0.39, 0.29) is 0 Å². The summed E-state index contributed by atoms with van der Waals surface area (Å²) in [6.45, 7) is 0. The van der Waals surface area contributed by atoms with Crippen LogP contribution in [0.25, 0.3) is 0 Å². The zero-order chi connectivity index (χ0) is 11.5. The van der Waals surface area contributed by atoms with Crippen LogP contribution < -0.4 is 0 Å². The van der Waals surface area contributed by atoms with Crippen molar-refractivity contribution in [3.8, 4) is 0 Å². The number of carbonyl (C=O) groups excluding carboxylic acids is 2. The van der Waals surface area contributed by atoms with Crippen molar-refractivity contribution in [3.63, 3.8) is 0 Å². The van der Waals surface area contributed by atoms with E-state index in [1.807, 2.05) is 6.07 Å². The Balaban J connectivity index is 2.26. The molecule has 5 nitrogen and oxygen atoms in total. The molecule has 16 heavy (non-hydrogen) atoms. The molecule has 2 rings (SSSR count). The number of rotatable bonds is 2. The molecule has 0 N–H and O–H groups in total. The molecule has 0 aromatic heterocycles. The fraction of sp³-hybridized carbons (Fsp3) is 0.273. The summed E-state index contributed by atoms with van der Waals surface area (Å²) >= 11 is 0. The Morgan fingerprint density at radius 1 is 1.25 bits per heavy atom. The SMILES string of the molecule is COC(=O)C1OC(=O)OC1c1ccccc1. The Kier molecular flexibility index (Phi) is 2.76. The van der Waals surface area contributed by atoms with Gasteiger partial charge < -0.3 is 14.2 Å². The van der Waals surface area contributed by atoms with Crippen molar-refractivity contribution in [3.05, 3.63) is 35.9 Å². The first-order chi connectivity index (χ1) is 7.72. The van der Waals surface area contributed by atoms with Gasteiger partial charge in [-0.3, -0.25) is 0 Å². The Bertz CT molecular complexity index is 400. The fourth-order valence-corrected chi connectivity index (χ4v) is 1.53. The van der Waals surface area contributed by atoms with Gasteiger partial charge in [0.15, 0.2) is 6.10 Å². The molecule has 1 aromatic carbocycles. The van der Waals surface area contributed by atoms with Gasteiger partial charge >= 0.3 is 12.1 Å². The summed E-state index contributed by atoms with van der Waals surface area (Å²) in [6.07, 6.45) is -2.62. The average molecular weight is 222 g/mol. The van der Waals surface area contributed by atoms with Crippen LogP contribution in [-0.4, -0.2) is 25.3 Å². The van der Waals surface area contributed by atoms with Gasteiger partial charge in [-0.2, -0.15) is 0 Å². The van der Waals surface area contributed by atoms with Crippen LogP contribution >= 0.6 is 0 Å². The molecular weight excluding hydrogens is 212 g/mol. The van der Waals surface area contributed by atoms with Crippen molar-refractivity contribution in [1.82, 2.24) is 0 Å². The maximum Gasteiger partial charge on any atom is 0.510 e. The second kappa shape index (κ2) is 4.22. The molecule has 0 amide bonds. The van der Waals surface area contributed by atoms with Crippen molar-refractivity contribution in [2.45, 2.75) is 12.2 Å². The van der Waals surface area contributed by atoms with Gasteiger partial charge in [0.25, 0.3) is 0 Å². The van der Waals surface area contributed by atoms with Gasteiger partial charge in [0.2, 0.25) is 6.10 Å². The van der Waals surface area contributed by atoms with Gasteiger partial charge in [-0.25, -0.2) is 9.59 Å². The summed E-state index contributed by atoms with van der Waals surface area (Å²) in [5.74, 6) is -0.625. The van der Waals surface area contributed by atoms with E-state index < -0.39 is 24.3 Å². The van der Waals surface area contributed by atoms with E-state index in [0.717, 1.165) is 0 Å². The molecule has 84 valence electrons. The summed E-state index contributed by atoms with van der Waals surface area (Å²) in [5.41, 5.74) is 0.698. The molecular formula is C11H10O5. The highest BCUT2D eigenvalue weighted by molar-refractivity contribution is 5.80. The van der Waals surface area contributed by atoms with Crippen molar-refractivity contribution < 1.29 is 23.8 Å². The predicted octanol–water partition coefficient (Wildman–Crippen LogP) is 1.44. The summed E-state index contributed by atoms with van der Waals surface area (Å²) < 4.78 is 14.2. The van der Waals surface area contributed by atoms with Crippen LogP contribution in [0.1, 0.15) is 11.7 Å². The van der Waals surface area contributed by atoms with Crippen LogP contribution in [-0.2, 0) is 19.0 Å². The molecule has 1 aliphatic rings. The van der Waals surface area contributed by atoms with Crippen molar-refractivity contribution in [2.24, 2.45) is 0 Å². The minimum Gasteiger partial charge on any atom is -0.466 e. The summed E-state index contributed by atoms with van der Waals surface area (Å²) in [6, 6.07) is 8.91. The highest BCUT2D eigenvalue weighted by Gasteiger charge is 2.43. The number of methoxy groups -OCH3 is 1. The molecule has 0 spiro atoms. The Morgan fingerprint density at radius 2 is 1.94 bits per heavy atom. The molecule has 0 radical (unpaired) electrons. The van der Waals surface area contributed by atoms with E-state index in [4.69, 9.17) is 9.47 Å². The zero-order valence-corrected chi connectivity index (χ0v) is 8.58. The number of benzene rings is 1. The molecule has 0 bridgehead atoms. The van der Waals surface area contributed by atoms with Crippen LogP contribution in [0, 0.1) is 0 Å². The number of carbonyl (C=O) groups is 2. The van der Waals surface area contributed by atoms with Gasteiger partial charge in [-0.05, 0) is 5.56 Å². The van der Waals surface area contributed by atoms with E-state index >= 15 is 0 Å². The maximum atomic E-state index is 11.4. The van der Waals surface area contributed by atoms with E-state index in [0.29, 0.717) is 5.56 Å². The van der Waals surface area contributed by atoms with E-state index in [2.05, 4.69) is 4.74 Å². The summed E-state index contributed by atoms with van der Waals surface area (Å²) in [4.78, 5) is 22.4. The van der Waals surface area contributed by atoms with Crippen LogP contribution in [0.15, 0.2) is 30.3 Å². The largest absolute Gasteiger partial charge is 0.510 e. The zero-order valence-electron chi connectivity index (χ0n) is 8.58. The lowest BCUT2D eigenvalue weighted by molar-refractivity contribution is -0.150. The number of hydrogen-bond donors (Lipinski definition) is 0. The molecule has 2 unspecified atom stereocenters. The Labute approximate surface area is 91.9 Å². The van der Waals surface area contributed by atoms with Crippen molar-refractivity contribution >= 4 is 12.1 Å². The summed E-state index contributed by atoms with van der Waals surface area (Å²) in [7, 11) is 1.23. The summed E-state index contributed by atoms with van der Waals surface area (Å²) in [5, 5.41) is 0. The normalized spacial score (nSPS) is 23.4. The highest BCUT2D eigenvalue weighted by atomic mass is 16.8. The number of cyclic esters (lactones) is 2. The second-order valence-corrected chi connectivity index (χ2v) is 3.26. The topological polar surface area (TPSA) is 61.8 Å². The Morgan fingerprint density at radius 3 is 2.56 bits per heavy atom. The molecule has 0 aliphatic carbocycles. The Hall–Kier alpha value is -2.04. The lowest BCUT2D eigenvalue weighted by Gasteiger charge is -2.13. The molecule has 1 aromatic rings. The van der Waals surface area contributed by atoms with Crippen LogP contribution in [0.4, 0.5) is 4.79 Å².